The van der Waals surface area contributed by atoms with Crippen LogP contribution in [-0.4, -0.2) is 52.9 Å². The number of nitrogens with two attached hydrogens (primary N) is 3. The van der Waals surface area contributed by atoms with Crippen molar-refractivity contribution in [2.45, 2.75) is 32.0 Å². The fourth-order valence-corrected chi connectivity index (χ4v) is 10.6. The lowest BCUT2D eigenvalue weighted by molar-refractivity contribution is -0.385. The Morgan fingerprint density at radius 2 is 1.61 bits per heavy atom. The summed E-state index contributed by atoms with van der Waals surface area (Å²) in [4.78, 5) is 23.5. The van der Waals surface area contributed by atoms with Gasteiger partial charge in [-0.2, -0.15) is 21.6 Å². The van der Waals surface area contributed by atoms with Gasteiger partial charge in [-0.3, -0.25) is 15.5 Å². The number of sulfonamides is 1. The zero-order chi connectivity index (χ0) is 36.9. The highest BCUT2D eigenvalue weighted by molar-refractivity contribution is 8.05. The van der Waals surface area contributed by atoms with E-state index in [4.69, 9.17) is 32.5 Å². The summed E-state index contributed by atoms with van der Waals surface area (Å²) >= 11 is 2.29. The summed E-state index contributed by atoms with van der Waals surface area (Å²) in [7, 11) is -8.65. The van der Waals surface area contributed by atoms with Gasteiger partial charge in [-0.15, -0.1) is 23.1 Å². The van der Waals surface area contributed by atoms with Gasteiger partial charge in [-0.1, -0.05) is 28.0 Å². The largest absolute Gasteiger partial charge is 0.490 e. The predicted octanol–water partition coefficient (Wildman–Crippen LogP) is 5.45. The molecule has 0 fully saturated rings. The molecule has 3 aromatic carbocycles. The highest BCUT2D eigenvalue weighted by Gasteiger charge is 2.38. The molecule has 1 aromatic heterocycles. The first-order valence-corrected chi connectivity index (χ1v) is 18.1. The number of nitrogens with one attached hydrogen (secondary N) is 1. The summed E-state index contributed by atoms with van der Waals surface area (Å²) in [6, 6.07) is 17.5. The Labute approximate surface area is 285 Å². The number of carboxylic acids is 1. The lowest BCUT2D eigenvalue weighted by atomic mass is 10.0. The molecule has 1 atom stereocenters. The van der Waals surface area contributed by atoms with E-state index in [1.807, 2.05) is 6.92 Å². The molecule has 49 heavy (non-hydrogen) atoms. The van der Waals surface area contributed by atoms with E-state index in [1.165, 1.54) is 30.0 Å². The molecule has 0 saturated heterocycles. The number of hydrogen-bond acceptors (Lipinski definition) is 10. The molecular formula is C28H26F3N7O7S4. The number of alkyl halides is 3. The van der Waals surface area contributed by atoms with Gasteiger partial charge in [0.2, 0.25) is 0 Å². The molecule has 0 spiro atoms. The van der Waals surface area contributed by atoms with Crippen molar-refractivity contribution in [2.75, 3.05) is 6.26 Å². The first-order chi connectivity index (χ1) is 22.7. The van der Waals surface area contributed by atoms with Crippen LogP contribution < -0.4 is 17.2 Å². The number of aliphatic carboxylic acids is 1. The molecule has 260 valence electrons. The third-order valence-electron chi connectivity index (χ3n) is 6.12. The number of guanidine groups is 1. The second kappa shape index (κ2) is 15.1. The molecule has 0 saturated carbocycles. The van der Waals surface area contributed by atoms with E-state index in [0.29, 0.717) is 15.5 Å². The number of nitro groups is 1. The fourth-order valence-electron chi connectivity index (χ4n) is 4.00. The second-order valence-corrected chi connectivity index (χ2v) is 15.7. The first-order valence-electron chi connectivity index (χ1n) is 13.1. The zero-order valence-electron chi connectivity index (χ0n) is 25.2. The van der Waals surface area contributed by atoms with Crippen LogP contribution in [0.4, 0.5) is 24.5 Å². The number of carboxylic acid groups (broad SMARTS) is 1. The van der Waals surface area contributed by atoms with Gasteiger partial charge < -0.3 is 22.3 Å². The Bertz CT molecular complexity index is 2210. The van der Waals surface area contributed by atoms with E-state index in [1.54, 1.807) is 42.7 Å². The number of benzene rings is 3. The van der Waals surface area contributed by atoms with E-state index >= 15 is 4.21 Å². The number of amidine groups is 1. The van der Waals surface area contributed by atoms with Crippen LogP contribution in [0.1, 0.15) is 10.4 Å². The van der Waals surface area contributed by atoms with Crippen LogP contribution in [0.5, 0.6) is 0 Å². The number of aryl methyl sites for hydroxylation is 1. The van der Waals surface area contributed by atoms with Gasteiger partial charge in [0.15, 0.2) is 5.96 Å². The van der Waals surface area contributed by atoms with Crippen molar-refractivity contribution in [3.05, 3.63) is 93.4 Å². The summed E-state index contributed by atoms with van der Waals surface area (Å²) in [5, 5.41) is 26.3. The van der Waals surface area contributed by atoms with E-state index in [-0.39, 0.29) is 26.5 Å². The topological polar surface area (TPSA) is 258 Å². The lowest BCUT2D eigenvalue weighted by Crippen LogP contribution is -2.21. The van der Waals surface area contributed by atoms with Crippen LogP contribution in [0.3, 0.4) is 0 Å². The van der Waals surface area contributed by atoms with Crippen molar-refractivity contribution in [1.82, 2.24) is 0 Å². The maximum atomic E-state index is 15.0. The number of thiophene rings is 1. The number of nitrogen functional groups attached to an aromatic ring is 1. The van der Waals surface area contributed by atoms with Crippen molar-refractivity contribution in [3.8, 4) is 11.1 Å². The molecule has 0 bridgehead atoms. The predicted molar refractivity (Wildman–Crippen MR) is 180 cm³/mol. The monoisotopic (exact) mass is 757 g/mol. The van der Waals surface area contributed by atoms with Crippen molar-refractivity contribution in [1.29, 1.82) is 5.41 Å². The van der Waals surface area contributed by atoms with Crippen LogP contribution in [0.2, 0.25) is 0 Å². The standard InChI is InChI=1S/C26H25N7O5S4.C2HF3O2/c1-15-11-17(31-26(29)30)9-10-21(15)16-5-3-7-19(12-16)41(36,23-14-22(24(27)28)40-25(23)39-2)32-42(37,38)20-8-4-6-18(13-20)33(34)35;3-2(4,5)1(6)7/h3-14H,1-2H3,(H3,27,28)(H4,29,30,31);(H,6,7). The SMILES string of the molecule is CSc1sc(C(=N)N)cc1S(=O)(=NS(=O)(=O)c1cccc([N+](=O)[O-])c1)c1cccc(-c2ccc(N=C(N)N)cc2C)c1.O=C(O)C(F)(F)F. The number of thioether (sulfide) groups is 1. The number of nitro benzene ring substituents is 1. The minimum absolute atomic E-state index is 0.0659. The number of rotatable bonds is 9. The average Bonchev–Trinajstić information content (AvgIpc) is 3.47. The van der Waals surface area contributed by atoms with Gasteiger partial charge in [0.05, 0.1) is 34.4 Å². The van der Waals surface area contributed by atoms with E-state index < -0.39 is 47.4 Å². The first kappa shape index (κ1) is 38.5. The molecule has 1 unspecified atom stereocenters. The highest BCUT2D eigenvalue weighted by atomic mass is 32.3. The van der Waals surface area contributed by atoms with Crippen molar-refractivity contribution in [3.63, 3.8) is 0 Å². The molecule has 0 aliphatic heterocycles. The Hall–Kier alpha value is -4.99. The number of hydrogen-bond donors (Lipinski definition) is 5. The van der Waals surface area contributed by atoms with Crippen LogP contribution in [-0.2, 0) is 24.5 Å². The Morgan fingerprint density at radius 1 is 1.00 bits per heavy atom. The smallest absolute Gasteiger partial charge is 0.475 e. The number of nitrogens with zero attached hydrogens (tertiary/aromatic N) is 3. The molecule has 0 radical (unpaired) electrons. The Balaban J connectivity index is 0.000000838. The minimum Gasteiger partial charge on any atom is -0.475 e. The molecule has 21 heteroatoms. The number of carbonyl (C=O) groups is 1. The van der Waals surface area contributed by atoms with E-state index in [2.05, 4.69) is 8.76 Å². The summed E-state index contributed by atoms with van der Waals surface area (Å²) < 4.78 is 78.3. The van der Waals surface area contributed by atoms with Gasteiger partial charge in [-0.25, -0.2) is 14.0 Å². The molecule has 4 rings (SSSR count). The van der Waals surface area contributed by atoms with Gasteiger partial charge >= 0.3 is 12.1 Å². The molecule has 14 nitrogen and oxygen atoms in total. The molecule has 4 aromatic rings. The molecule has 0 aliphatic carbocycles. The fraction of sp³-hybridized carbons (Fsp3) is 0.107. The Kier molecular flexibility index (Phi) is 11.8. The average molecular weight is 758 g/mol. The summed E-state index contributed by atoms with van der Waals surface area (Å²) in [5.74, 6) is -3.14. The summed E-state index contributed by atoms with van der Waals surface area (Å²) in [6.07, 6.45) is -3.37. The summed E-state index contributed by atoms with van der Waals surface area (Å²) in [5.41, 5.74) is 18.9. The third-order valence-corrected chi connectivity index (χ3v) is 13.0. The van der Waals surface area contributed by atoms with E-state index in [9.17, 15) is 31.7 Å². The van der Waals surface area contributed by atoms with Gasteiger partial charge in [-0.05, 0) is 66.3 Å². The van der Waals surface area contributed by atoms with Crippen LogP contribution in [0, 0.1) is 22.4 Å². The normalized spacial score (nSPS) is 12.5. The van der Waals surface area contributed by atoms with Gasteiger partial charge in [0.25, 0.3) is 15.7 Å². The van der Waals surface area contributed by atoms with Gasteiger partial charge in [0, 0.05) is 12.1 Å². The molecule has 0 aliphatic rings. The van der Waals surface area contributed by atoms with E-state index in [0.717, 1.165) is 40.7 Å². The highest BCUT2D eigenvalue weighted by Crippen LogP contribution is 2.40. The number of aliphatic imine (C=N–C) groups is 1. The van der Waals surface area contributed by atoms with Crippen LogP contribution >= 0.6 is 23.1 Å². The maximum Gasteiger partial charge on any atom is 0.490 e. The molecule has 0 amide bonds. The maximum absolute atomic E-state index is 15.0. The third kappa shape index (κ3) is 9.34. The summed E-state index contributed by atoms with van der Waals surface area (Å²) in [6.45, 7) is 1.84. The van der Waals surface area contributed by atoms with Crippen molar-refractivity contribution in [2.24, 2.45) is 26.0 Å². The molecule has 8 N–H and O–H groups in total. The molecule has 1 heterocycles. The molecular weight excluding hydrogens is 732 g/mol. The van der Waals surface area contributed by atoms with Crippen LogP contribution in [0.25, 0.3) is 11.1 Å². The Morgan fingerprint density at radius 3 is 2.14 bits per heavy atom. The zero-order valence-corrected chi connectivity index (χ0v) is 28.4. The quantitative estimate of drug-likeness (QED) is 0.0471. The number of non-ortho nitro benzene ring substituents is 1. The van der Waals surface area contributed by atoms with Crippen LogP contribution in [0.15, 0.2) is 100 Å². The number of halogens is 3. The minimum atomic E-state index is -5.08. The van der Waals surface area contributed by atoms with Crippen molar-refractivity contribution < 1.29 is 40.6 Å². The lowest BCUT2D eigenvalue weighted by Gasteiger charge is -2.14. The van der Waals surface area contributed by atoms with Crippen molar-refractivity contribution >= 4 is 72.0 Å². The van der Waals surface area contributed by atoms with Gasteiger partial charge in [0.1, 0.15) is 15.6 Å². The second-order valence-electron chi connectivity index (χ2n) is 9.58.